The fraction of sp³-hybridized carbons (Fsp3) is 0. The van der Waals surface area contributed by atoms with Gasteiger partial charge in [-0.2, -0.15) is 0 Å². The van der Waals surface area contributed by atoms with Crippen LogP contribution in [-0.4, -0.2) is 79.3 Å². The predicted octanol–water partition coefficient (Wildman–Crippen LogP) is 6.13. The van der Waals surface area contributed by atoms with E-state index in [1.54, 1.807) is 0 Å². The number of H-pyrrole nitrogens is 2. The van der Waals surface area contributed by atoms with Crippen molar-refractivity contribution in [3.63, 3.8) is 0 Å². The zero-order valence-electron chi connectivity index (χ0n) is 30.4. The molecule has 3 aromatic heterocycles. The molecule has 32 nitrogen and oxygen atoms in total. The highest BCUT2D eigenvalue weighted by Gasteiger charge is 2.35. The third kappa shape index (κ3) is 5.86. The van der Waals surface area contributed by atoms with E-state index in [1.165, 1.54) is 0 Å². The summed E-state index contributed by atoms with van der Waals surface area (Å²) < 4.78 is 0. The third-order valence-corrected chi connectivity index (χ3v) is 9.78. The molecular weight excluding hydrogens is 864 g/mol. The molecule has 7 aromatic rings. The van der Waals surface area contributed by atoms with Crippen LogP contribution in [0.5, 0.6) is 0 Å². The number of benzene rings is 4. The van der Waals surface area contributed by atoms with Crippen molar-refractivity contribution in [2.24, 2.45) is 0 Å². The van der Waals surface area contributed by atoms with Gasteiger partial charge in [0.25, 0.3) is 0 Å². The predicted molar refractivity (Wildman–Crippen MR) is 209 cm³/mol. The molecule has 2 aliphatic rings. The first-order valence-corrected chi connectivity index (χ1v) is 17.0. The van der Waals surface area contributed by atoms with Crippen LogP contribution in [0, 0.1) is 80.9 Å². The fourth-order valence-corrected chi connectivity index (χ4v) is 7.05. The minimum atomic E-state index is -1.09. The molecule has 0 saturated heterocycles. The summed E-state index contributed by atoms with van der Waals surface area (Å²) in [4.78, 5) is 119. The van der Waals surface area contributed by atoms with E-state index in [0.717, 1.165) is 24.3 Å². The molecule has 0 spiro atoms. The summed E-state index contributed by atoms with van der Waals surface area (Å²) in [6, 6.07) is 5.76. The minimum absolute atomic E-state index is 0.290. The second kappa shape index (κ2) is 13.5. The second-order valence-corrected chi connectivity index (χ2v) is 13.2. The zero-order valence-corrected chi connectivity index (χ0v) is 30.4. The van der Waals surface area contributed by atoms with Gasteiger partial charge in [0.15, 0.2) is 23.3 Å². The molecular formula is C32H10N16O16. The summed E-state index contributed by atoms with van der Waals surface area (Å²) in [5.41, 5.74) is -11.5. The maximum absolute atomic E-state index is 12.1. The lowest BCUT2D eigenvalue weighted by Crippen LogP contribution is -1.98. The Morgan fingerprint density at radius 1 is 0.281 bits per heavy atom. The van der Waals surface area contributed by atoms with Crippen LogP contribution in [0.25, 0.3) is 89.7 Å². The Morgan fingerprint density at radius 2 is 0.453 bits per heavy atom. The van der Waals surface area contributed by atoms with Crippen molar-refractivity contribution in [2.75, 3.05) is 0 Å². The van der Waals surface area contributed by atoms with Gasteiger partial charge in [-0.25, -0.2) is 29.9 Å². The number of hydrogen-bond donors (Lipinski definition) is 2. The number of nitrogens with zero attached hydrogens (tertiary/aromatic N) is 14. The molecule has 0 aliphatic carbocycles. The average Bonchev–Trinajstić information content (AvgIpc) is 3.96. The number of fused-ring (bicyclic) bond motifs is 20. The summed E-state index contributed by atoms with van der Waals surface area (Å²) in [6.07, 6.45) is 0. The van der Waals surface area contributed by atoms with Crippen molar-refractivity contribution in [1.29, 1.82) is 0 Å². The second-order valence-electron chi connectivity index (χ2n) is 13.2. The maximum Gasteiger partial charge on any atom is 0.346 e. The van der Waals surface area contributed by atoms with Crippen molar-refractivity contribution in [1.82, 2.24) is 39.9 Å². The van der Waals surface area contributed by atoms with E-state index < -0.39 is 131 Å². The molecule has 0 fully saturated rings. The first-order valence-electron chi connectivity index (χ1n) is 17.0. The topological polar surface area (TPSA) is 454 Å². The highest BCUT2D eigenvalue weighted by atomic mass is 16.7. The Labute approximate surface area is 343 Å². The number of aromatic nitrogens is 8. The van der Waals surface area contributed by atoms with Crippen LogP contribution in [-0.2, 0) is 0 Å². The van der Waals surface area contributed by atoms with E-state index in [4.69, 9.17) is 0 Å². The molecule has 0 saturated carbocycles. The van der Waals surface area contributed by atoms with Gasteiger partial charge in [-0.1, -0.05) is 0 Å². The molecule has 314 valence electrons. The van der Waals surface area contributed by atoms with Crippen LogP contribution in [0.4, 0.5) is 45.5 Å². The first kappa shape index (κ1) is 38.9. The Kier molecular flexibility index (Phi) is 8.20. The summed E-state index contributed by atoms with van der Waals surface area (Å²) in [5, 5.41) is 95.4. The molecule has 0 radical (unpaired) electrons. The number of hydrogen-bond acceptors (Lipinski definition) is 22. The lowest BCUT2D eigenvalue weighted by Gasteiger charge is -2.00. The number of nitro groups is 8. The quantitative estimate of drug-likeness (QED) is 0.128. The number of nitro benzene ring substituents is 8. The van der Waals surface area contributed by atoms with Crippen molar-refractivity contribution >= 4 is 89.6 Å². The van der Waals surface area contributed by atoms with Crippen LogP contribution < -0.4 is 0 Å². The Morgan fingerprint density at radius 3 is 0.625 bits per heavy atom. The highest BCUT2D eigenvalue weighted by Crippen LogP contribution is 2.45. The van der Waals surface area contributed by atoms with E-state index in [0.29, 0.717) is 24.3 Å². The van der Waals surface area contributed by atoms with Gasteiger partial charge in [-0.15, -0.1) is 0 Å². The van der Waals surface area contributed by atoms with Crippen LogP contribution in [0.1, 0.15) is 0 Å². The maximum atomic E-state index is 12.1. The smallest absolute Gasteiger partial charge is 0.324 e. The third-order valence-electron chi connectivity index (χ3n) is 9.78. The molecule has 9 rings (SSSR count). The Hall–Kier alpha value is -10.6. The standard InChI is InChI=1S/C32H10N16O16/c49-41(50)17-1-9-10(2-18(17)42(51)52)26-33-25(9)37-27-11-3-19(43(53)54)20(44(55)56)4-12(11)29(34-27)39-31-15-7-23(47(61)62)24(48(63)64)8-16(15)32(36-31)40-30-14-6-22(46(59)60)21(45(57)58)5-13(14)28(35-30)38-26/h1-8H,(H2,33,34,35,36,37,38,39,40). The van der Waals surface area contributed by atoms with Gasteiger partial charge < -0.3 is 9.97 Å². The van der Waals surface area contributed by atoms with Gasteiger partial charge in [-0.3, -0.25) is 80.9 Å². The largest absolute Gasteiger partial charge is 0.346 e. The molecule has 64 heavy (non-hydrogen) atoms. The van der Waals surface area contributed by atoms with Crippen LogP contribution in [0.2, 0.25) is 0 Å². The van der Waals surface area contributed by atoms with E-state index in [1.807, 2.05) is 0 Å². The molecule has 0 unspecified atom stereocenters. The Bertz CT molecular complexity index is 3210. The average molecular weight is 875 g/mol. The highest BCUT2D eigenvalue weighted by molar-refractivity contribution is 6.09. The van der Waals surface area contributed by atoms with Gasteiger partial charge in [0.1, 0.15) is 22.6 Å². The van der Waals surface area contributed by atoms with E-state index in [9.17, 15) is 80.9 Å². The molecule has 2 aliphatic heterocycles. The molecule has 4 aromatic carbocycles. The van der Waals surface area contributed by atoms with Crippen LogP contribution in [0.15, 0.2) is 48.5 Å². The van der Waals surface area contributed by atoms with Gasteiger partial charge in [-0.05, 0) is 0 Å². The lowest BCUT2D eigenvalue weighted by atomic mass is 10.1. The summed E-state index contributed by atoms with van der Waals surface area (Å²) in [7, 11) is 0. The minimum Gasteiger partial charge on any atom is -0.324 e. The monoisotopic (exact) mass is 874 g/mol. The van der Waals surface area contributed by atoms with Crippen LogP contribution in [0.3, 0.4) is 0 Å². The normalized spacial score (nSPS) is 11.5. The molecule has 8 bridgehead atoms. The molecule has 0 amide bonds. The Balaban J connectivity index is 1.55. The number of nitrogens with one attached hydrogen (secondary N) is 2. The zero-order chi connectivity index (χ0) is 45.8. The fourth-order valence-electron chi connectivity index (χ4n) is 7.05. The van der Waals surface area contributed by atoms with Gasteiger partial charge >= 0.3 is 45.5 Å². The lowest BCUT2D eigenvalue weighted by molar-refractivity contribution is -0.422. The van der Waals surface area contributed by atoms with Gasteiger partial charge in [0, 0.05) is 92.3 Å². The van der Waals surface area contributed by atoms with Crippen LogP contribution >= 0.6 is 0 Å². The van der Waals surface area contributed by atoms with Crippen molar-refractivity contribution in [3.05, 3.63) is 129 Å². The number of aromatic amines is 2. The summed E-state index contributed by atoms with van der Waals surface area (Å²) >= 11 is 0. The van der Waals surface area contributed by atoms with Crippen molar-refractivity contribution < 1.29 is 39.4 Å². The molecule has 0 atom stereocenters. The number of rotatable bonds is 8. The van der Waals surface area contributed by atoms with Crippen molar-refractivity contribution in [3.8, 4) is 45.6 Å². The van der Waals surface area contributed by atoms with E-state index >= 15 is 0 Å². The first-order chi connectivity index (χ1) is 30.3. The molecule has 32 heteroatoms. The SMILES string of the molecule is O=[N+]([O-])c1cc2c(cc1[N+](=O)[O-])-c1nc-2nc2[nH]c(nc3nc(nc4[nH]c(n1)c1cc([N+](=O)[O-])c([N+](=O)[O-])cc41)-c1cc([N+](=O)[O-])c([N+](=O)[O-])cc1-3)c1cc([N+](=O)[O-])c([N+](=O)[O-])cc21. The molecule has 5 heterocycles. The summed E-state index contributed by atoms with van der Waals surface area (Å²) in [5.74, 6) is -2.11. The molecule has 2 N–H and O–H groups in total. The van der Waals surface area contributed by atoms with E-state index in [2.05, 4.69) is 39.9 Å². The summed E-state index contributed by atoms with van der Waals surface area (Å²) in [6.45, 7) is 0. The van der Waals surface area contributed by atoms with Gasteiger partial charge in [0.2, 0.25) is 0 Å². The van der Waals surface area contributed by atoms with Gasteiger partial charge in [0.05, 0.1) is 39.4 Å². The van der Waals surface area contributed by atoms with E-state index in [-0.39, 0.29) is 43.8 Å². The van der Waals surface area contributed by atoms with Crippen molar-refractivity contribution in [2.45, 2.75) is 0 Å².